The topological polar surface area (TPSA) is 45.5 Å². The van der Waals surface area contributed by atoms with Gasteiger partial charge in [-0.3, -0.25) is 0 Å². The fourth-order valence-electron chi connectivity index (χ4n) is 2.15. The van der Waals surface area contributed by atoms with Gasteiger partial charge in [-0.25, -0.2) is 4.79 Å². The highest BCUT2D eigenvalue weighted by Gasteiger charge is 2.16. The minimum absolute atomic E-state index is 0.197. The van der Waals surface area contributed by atoms with Crippen LogP contribution in [-0.4, -0.2) is 10.9 Å². The second kappa shape index (κ2) is 7.35. The van der Waals surface area contributed by atoms with Crippen LogP contribution in [0.1, 0.15) is 10.6 Å². The van der Waals surface area contributed by atoms with Crippen molar-refractivity contribution in [3.8, 4) is 0 Å². The number of anilines is 1. The Hall–Kier alpha value is -2.24. The van der Waals surface area contributed by atoms with Gasteiger partial charge in [0.15, 0.2) is 0 Å². The van der Waals surface area contributed by atoms with Gasteiger partial charge >= 0.3 is 6.03 Å². The standard InChI is InChI=1S/C17H15ClN2O2S/c18-13-4-1-5-14(10-13)19-17(21)20(11-15-6-2-8-22-15)12-16-7-3-9-23-16/h1-10H,11-12H2,(H,19,21). The van der Waals surface area contributed by atoms with Crippen LogP contribution < -0.4 is 5.32 Å². The van der Waals surface area contributed by atoms with Crippen molar-refractivity contribution in [3.05, 3.63) is 75.8 Å². The average Bonchev–Trinajstić information content (AvgIpc) is 3.20. The fraction of sp³-hybridized carbons (Fsp3) is 0.118. The summed E-state index contributed by atoms with van der Waals surface area (Å²) in [4.78, 5) is 15.4. The first-order valence-corrected chi connectivity index (χ1v) is 8.33. The van der Waals surface area contributed by atoms with Gasteiger partial charge in [0, 0.05) is 15.6 Å². The molecule has 0 aliphatic carbocycles. The van der Waals surface area contributed by atoms with Gasteiger partial charge in [0.25, 0.3) is 0 Å². The average molecular weight is 347 g/mol. The maximum absolute atomic E-state index is 12.6. The lowest BCUT2D eigenvalue weighted by atomic mass is 10.3. The molecule has 2 heterocycles. The predicted octanol–water partition coefficient (Wildman–Crippen LogP) is 5.23. The monoisotopic (exact) mass is 346 g/mol. The van der Waals surface area contributed by atoms with Gasteiger partial charge in [0.1, 0.15) is 5.76 Å². The van der Waals surface area contributed by atoms with Gasteiger partial charge in [0.2, 0.25) is 0 Å². The lowest BCUT2D eigenvalue weighted by Crippen LogP contribution is -2.33. The Labute approximate surface area is 143 Å². The minimum Gasteiger partial charge on any atom is -0.467 e. The number of rotatable bonds is 5. The van der Waals surface area contributed by atoms with Crippen LogP contribution in [0.3, 0.4) is 0 Å². The molecule has 2 amide bonds. The SMILES string of the molecule is O=C(Nc1cccc(Cl)c1)N(Cc1ccco1)Cc1cccs1. The summed E-state index contributed by atoms with van der Waals surface area (Å²) in [7, 11) is 0. The number of amides is 2. The Morgan fingerprint density at radius 2 is 2.09 bits per heavy atom. The summed E-state index contributed by atoms with van der Waals surface area (Å²) in [5.41, 5.74) is 0.665. The number of nitrogens with one attached hydrogen (secondary N) is 1. The Morgan fingerprint density at radius 3 is 2.78 bits per heavy atom. The second-order valence-corrected chi connectivity index (χ2v) is 6.42. The Bertz CT molecular complexity index is 721. The summed E-state index contributed by atoms with van der Waals surface area (Å²) < 4.78 is 5.36. The van der Waals surface area contributed by atoms with E-state index in [0.717, 1.165) is 10.6 Å². The molecule has 4 nitrogen and oxygen atoms in total. The first-order chi connectivity index (χ1) is 11.2. The first-order valence-electron chi connectivity index (χ1n) is 7.07. The molecule has 0 fully saturated rings. The van der Waals surface area contributed by atoms with E-state index in [1.54, 1.807) is 46.8 Å². The highest BCUT2D eigenvalue weighted by molar-refractivity contribution is 7.09. The summed E-state index contributed by atoms with van der Waals surface area (Å²) in [6.45, 7) is 0.919. The number of hydrogen-bond donors (Lipinski definition) is 1. The molecule has 3 aromatic rings. The lowest BCUT2D eigenvalue weighted by molar-refractivity contribution is 0.202. The number of carbonyl (C=O) groups is 1. The van der Waals surface area contributed by atoms with Crippen molar-refractivity contribution in [3.63, 3.8) is 0 Å². The maximum Gasteiger partial charge on any atom is 0.322 e. The zero-order valence-corrected chi connectivity index (χ0v) is 13.8. The molecule has 3 rings (SSSR count). The van der Waals surface area contributed by atoms with Crippen LogP contribution in [0, 0.1) is 0 Å². The minimum atomic E-state index is -0.197. The number of thiophene rings is 1. The van der Waals surface area contributed by atoms with Crippen molar-refractivity contribution in [1.29, 1.82) is 0 Å². The first kappa shape index (κ1) is 15.6. The van der Waals surface area contributed by atoms with E-state index >= 15 is 0 Å². The van der Waals surface area contributed by atoms with Gasteiger partial charge in [-0.2, -0.15) is 0 Å². The Kier molecular flexibility index (Phi) is 5.00. The third-order valence-corrected chi connectivity index (χ3v) is 4.31. The molecule has 0 atom stereocenters. The molecule has 0 saturated carbocycles. The molecule has 1 N–H and O–H groups in total. The third-order valence-electron chi connectivity index (χ3n) is 3.22. The number of furan rings is 1. The molecule has 0 aliphatic heterocycles. The van der Waals surface area contributed by atoms with E-state index < -0.39 is 0 Å². The number of nitrogens with zero attached hydrogens (tertiary/aromatic N) is 1. The molecular formula is C17H15ClN2O2S. The smallest absolute Gasteiger partial charge is 0.322 e. The summed E-state index contributed by atoms with van der Waals surface area (Å²) in [6, 6.07) is 14.5. The van der Waals surface area contributed by atoms with Crippen LogP contribution in [0.4, 0.5) is 10.5 Å². The lowest BCUT2D eigenvalue weighted by Gasteiger charge is -2.21. The van der Waals surface area contributed by atoms with E-state index in [1.165, 1.54) is 0 Å². The number of benzene rings is 1. The van der Waals surface area contributed by atoms with Crippen molar-refractivity contribution in [2.45, 2.75) is 13.1 Å². The van der Waals surface area contributed by atoms with E-state index in [9.17, 15) is 4.79 Å². The molecular weight excluding hydrogens is 332 g/mol. The van der Waals surface area contributed by atoms with Crippen molar-refractivity contribution >= 4 is 34.7 Å². The molecule has 118 valence electrons. The van der Waals surface area contributed by atoms with Gasteiger partial charge in [-0.1, -0.05) is 23.7 Å². The molecule has 0 bridgehead atoms. The zero-order chi connectivity index (χ0) is 16.1. The molecule has 0 spiro atoms. The van der Waals surface area contributed by atoms with E-state index in [4.69, 9.17) is 16.0 Å². The van der Waals surface area contributed by atoms with Crippen molar-refractivity contribution < 1.29 is 9.21 Å². The number of hydrogen-bond acceptors (Lipinski definition) is 3. The Morgan fingerprint density at radius 1 is 1.17 bits per heavy atom. The molecule has 23 heavy (non-hydrogen) atoms. The summed E-state index contributed by atoms with van der Waals surface area (Å²) >= 11 is 7.58. The quantitative estimate of drug-likeness (QED) is 0.687. The number of halogens is 1. The van der Waals surface area contributed by atoms with Crippen LogP contribution in [0.5, 0.6) is 0 Å². The van der Waals surface area contributed by atoms with Crippen LogP contribution in [0.2, 0.25) is 5.02 Å². The summed E-state index contributed by atoms with van der Waals surface area (Å²) in [6.07, 6.45) is 1.60. The Balaban J connectivity index is 1.74. The molecule has 0 radical (unpaired) electrons. The van der Waals surface area contributed by atoms with Crippen LogP contribution in [-0.2, 0) is 13.1 Å². The number of carbonyl (C=O) groups excluding carboxylic acids is 1. The van der Waals surface area contributed by atoms with Gasteiger partial charge in [0.05, 0.1) is 19.4 Å². The zero-order valence-electron chi connectivity index (χ0n) is 12.2. The van der Waals surface area contributed by atoms with E-state index in [2.05, 4.69) is 5.32 Å². The third kappa shape index (κ3) is 4.37. The van der Waals surface area contributed by atoms with Crippen molar-refractivity contribution in [1.82, 2.24) is 4.90 Å². The highest BCUT2D eigenvalue weighted by Crippen LogP contribution is 2.18. The highest BCUT2D eigenvalue weighted by atomic mass is 35.5. The molecule has 1 aromatic carbocycles. The molecule has 0 aliphatic rings. The number of urea groups is 1. The largest absolute Gasteiger partial charge is 0.467 e. The van der Waals surface area contributed by atoms with Gasteiger partial charge < -0.3 is 14.6 Å². The van der Waals surface area contributed by atoms with Crippen LogP contribution in [0.25, 0.3) is 0 Å². The van der Waals surface area contributed by atoms with Crippen molar-refractivity contribution in [2.24, 2.45) is 0 Å². The van der Waals surface area contributed by atoms with Crippen molar-refractivity contribution in [2.75, 3.05) is 5.32 Å². The van der Waals surface area contributed by atoms with Crippen LogP contribution >= 0.6 is 22.9 Å². The van der Waals surface area contributed by atoms with E-state index in [0.29, 0.717) is 23.8 Å². The van der Waals surface area contributed by atoms with E-state index in [-0.39, 0.29) is 6.03 Å². The van der Waals surface area contributed by atoms with Gasteiger partial charge in [-0.05, 0) is 41.8 Å². The maximum atomic E-state index is 12.6. The second-order valence-electron chi connectivity index (χ2n) is 4.96. The fourth-order valence-corrected chi connectivity index (χ4v) is 3.06. The molecule has 0 saturated heterocycles. The molecule has 2 aromatic heterocycles. The van der Waals surface area contributed by atoms with Gasteiger partial charge in [-0.15, -0.1) is 11.3 Å². The predicted molar refractivity (Wildman–Crippen MR) is 92.7 cm³/mol. The summed E-state index contributed by atoms with van der Waals surface area (Å²) in [5.74, 6) is 0.739. The summed E-state index contributed by atoms with van der Waals surface area (Å²) in [5, 5.41) is 5.45. The van der Waals surface area contributed by atoms with E-state index in [1.807, 2.05) is 29.6 Å². The molecule has 0 unspecified atom stereocenters. The van der Waals surface area contributed by atoms with Crippen LogP contribution in [0.15, 0.2) is 64.6 Å². The molecule has 6 heteroatoms. The normalized spacial score (nSPS) is 10.5.